The minimum atomic E-state index is -2.33. The predicted octanol–water partition coefficient (Wildman–Crippen LogP) is 2.80. The first-order valence-corrected chi connectivity index (χ1v) is 8.56. The van der Waals surface area contributed by atoms with E-state index in [1.54, 1.807) is 0 Å². The van der Waals surface area contributed by atoms with Crippen LogP contribution in [0.25, 0.3) is 0 Å². The lowest BCUT2D eigenvalue weighted by Gasteiger charge is -1.99. The number of benzene rings is 1. The number of amides is 1. The lowest BCUT2D eigenvalue weighted by molar-refractivity contribution is -0.115. The molecule has 0 aliphatic rings. The van der Waals surface area contributed by atoms with Gasteiger partial charge in [0.05, 0.1) is 5.75 Å². The largest absolute Gasteiger partial charge is 0.271 e. The van der Waals surface area contributed by atoms with Gasteiger partial charge in [-0.3, -0.25) is 4.79 Å². The van der Waals surface area contributed by atoms with Crippen LogP contribution in [-0.4, -0.2) is 28.4 Å². The summed E-state index contributed by atoms with van der Waals surface area (Å²) in [5.41, 5.74) is 0. The zero-order valence-electron chi connectivity index (χ0n) is 8.97. The van der Waals surface area contributed by atoms with Crippen LogP contribution in [0.4, 0.5) is 0 Å². The van der Waals surface area contributed by atoms with E-state index in [-0.39, 0.29) is 11.7 Å². The Bertz CT molecular complexity index is 499. The fraction of sp³-hybridized carbons (Fsp3) is 0.300. The first kappa shape index (κ1) is 13.7. The van der Waals surface area contributed by atoms with Crippen LogP contribution < -0.4 is 0 Å². The van der Waals surface area contributed by atoms with Gasteiger partial charge >= 0.3 is 0 Å². The minimum absolute atomic E-state index is 0.217. The molecule has 0 saturated heterocycles. The summed E-state index contributed by atoms with van der Waals surface area (Å²) in [5, 5.41) is 0. The highest BCUT2D eigenvalue weighted by atomic mass is 79.9. The molecule has 1 aromatic rings. The first-order chi connectivity index (χ1) is 7.37. The highest BCUT2D eigenvalue weighted by Crippen LogP contribution is 2.21. The zero-order valence-corrected chi connectivity index (χ0v) is 12.2. The molecule has 88 valence electrons. The normalized spacial score (nSPS) is 11.2. The number of hydrogen-bond acceptors (Lipinski definition) is 3. The summed E-state index contributed by atoms with van der Waals surface area (Å²) >= 11 is 4.73. The topological polar surface area (TPSA) is 46.5 Å². The van der Waals surface area contributed by atoms with Crippen LogP contribution in [0.1, 0.15) is 0 Å². The Morgan fingerprint density at radius 1 is 1.50 bits per heavy atom. The van der Waals surface area contributed by atoms with Crippen molar-refractivity contribution in [2.45, 2.75) is 4.90 Å². The van der Waals surface area contributed by atoms with Crippen LogP contribution in [0.15, 0.2) is 38.0 Å². The molecule has 0 radical (unpaired) electrons. The lowest BCUT2D eigenvalue weighted by atomic mass is 10.4. The van der Waals surface area contributed by atoms with Crippen molar-refractivity contribution in [1.82, 2.24) is 0 Å². The number of thioether (sulfide) groups is 1. The van der Waals surface area contributed by atoms with E-state index in [9.17, 15) is 9.00 Å². The molecule has 16 heavy (non-hydrogen) atoms. The highest BCUT2D eigenvalue weighted by molar-refractivity contribution is 9.10. The molecule has 0 unspecified atom stereocenters. The molecule has 0 aliphatic heterocycles. The molecule has 0 fully saturated rings. The van der Waals surface area contributed by atoms with E-state index in [4.69, 9.17) is 0 Å². The Morgan fingerprint density at radius 2 is 2.19 bits per heavy atom. The molecule has 6 heteroatoms. The number of nitrogens with zero attached hydrogens (tertiary/aromatic N) is 1. The first-order valence-electron chi connectivity index (χ1n) is 4.45. The smallest absolute Gasteiger partial charge is 0.264 e. The SMILES string of the molecule is CS(C)(=O)=NC(=O)CSc1cccc(Br)c1. The van der Waals surface area contributed by atoms with Crippen molar-refractivity contribution in [3.8, 4) is 0 Å². The Labute approximate surface area is 108 Å². The van der Waals surface area contributed by atoms with Gasteiger partial charge in [0.25, 0.3) is 5.91 Å². The lowest BCUT2D eigenvalue weighted by Crippen LogP contribution is -2.02. The molecule has 1 amide bonds. The predicted molar refractivity (Wildman–Crippen MR) is 72.3 cm³/mol. The Balaban J connectivity index is 2.60. The fourth-order valence-electron chi connectivity index (χ4n) is 0.973. The van der Waals surface area contributed by atoms with Crippen molar-refractivity contribution >= 4 is 43.3 Å². The highest BCUT2D eigenvalue weighted by Gasteiger charge is 2.03. The van der Waals surface area contributed by atoms with Crippen LogP contribution in [-0.2, 0) is 14.5 Å². The molecule has 0 N–H and O–H groups in total. The van der Waals surface area contributed by atoms with Crippen LogP contribution in [0.5, 0.6) is 0 Å². The van der Waals surface area contributed by atoms with Crippen LogP contribution in [0, 0.1) is 0 Å². The molecule has 0 spiro atoms. The second kappa shape index (κ2) is 5.84. The third kappa shape index (κ3) is 5.67. The maximum absolute atomic E-state index is 11.3. The molecule has 0 atom stereocenters. The van der Waals surface area contributed by atoms with E-state index < -0.39 is 9.73 Å². The Hall–Kier alpha value is -0.330. The second-order valence-corrected chi connectivity index (χ2v) is 7.92. The molecule has 0 aliphatic carbocycles. The van der Waals surface area contributed by atoms with Gasteiger partial charge in [-0.05, 0) is 18.2 Å². The van der Waals surface area contributed by atoms with Gasteiger partial charge in [0.2, 0.25) is 0 Å². The van der Waals surface area contributed by atoms with E-state index >= 15 is 0 Å². The van der Waals surface area contributed by atoms with Gasteiger partial charge in [-0.15, -0.1) is 11.8 Å². The number of halogens is 1. The van der Waals surface area contributed by atoms with Gasteiger partial charge in [-0.25, -0.2) is 4.21 Å². The monoisotopic (exact) mass is 321 g/mol. The van der Waals surface area contributed by atoms with Crippen LogP contribution in [0.3, 0.4) is 0 Å². The third-order valence-electron chi connectivity index (χ3n) is 1.48. The van der Waals surface area contributed by atoms with Crippen molar-refractivity contribution in [3.05, 3.63) is 28.7 Å². The summed E-state index contributed by atoms with van der Waals surface area (Å²) in [4.78, 5) is 12.3. The molecule has 0 aromatic heterocycles. The molecule has 1 aromatic carbocycles. The third-order valence-corrected chi connectivity index (χ3v) is 3.60. The second-order valence-electron chi connectivity index (χ2n) is 3.41. The number of carbonyl (C=O) groups is 1. The molecule has 3 nitrogen and oxygen atoms in total. The average molecular weight is 322 g/mol. The molecular weight excluding hydrogens is 310 g/mol. The van der Waals surface area contributed by atoms with E-state index in [1.807, 2.05) is 24.3 Å². The van der Waals surface area contributed by atoms with E-state index in [0.29, 0.717) is 0 Å². The summed E-state index contributed by atoms with van der Waals surface area (Å²) in [6, 6.07) is 7.66. The summed E-state index contributed by atoms with van der Waals surface area (Å²) in [7, 11) is -2.33. The number of rotatable bonds is 3. The standard InChI is InChI=1S/C10H12BrNO2S2/c1-16(2,14)12-10(13)7-15-9-5-3-4-8(11)6-9/h3-6H,7H2,1-2H3. The minimum Gasteiger partial charge on any atom is -0.271 e. The maximum atomic E-state index is 11.3. The van der Waals surface area contributed by atoms with Crippen molar-refractivity contribution in [1.29, 1.82) is 0 Å². The van der Waals surface area contributed by atoms with Gasteiger partial charge in [0.15, 0.2) is 0 Å². The van der Waals surface area contributed by atoms with Gasteiger partial charge in [-0.1, -0.05) is 22.0 Å². The van der Waals surface area contributed by atoms with Gasteiger partial charge in [-0.2, -0.15) is 4.36 Å². The molecule has 0 heterocycles. The Morgan fingerprint density at radius 3 is 2.75 bits per heavy atom. The summed E-state index contributed by atoms with van der Waals surface area (Å²) in [6.45, 7) is 0. The zero-order chi connectivity index (χ0) is 12.2. The molecule has 0 saturated carbocycles. The molecule has 0 bridgehead atoms. The number of hydrogen-bond donors (Lipinski definition) is 0. The van der Waals surface area contributed by atoms with Crippen molar-refractivity contribution in [2.75, 3.05) is 18.3 Å². The quantitative estimate of drug-likeness (QED) is 0.804. The van der Waals surface area contributed by atoms with Crippen LogP contribution >= 0.6 is 27.7 Å². The van der Waals surface area contributed by atoms with E-state index in [0.717, 1.165) is 9.37 Å². The average Bonchev–Trinajstić information content (AvgIpc) is 2.12. The van der Waals surface area contributed by atoms with Crippen molar-refractivity contribution in [2.24, 2.45) is 4.36 Å². The summed E-state index contributed by atoms with van der Waals surface area (Å²) in [6.07, 6.45) is 2.91. The van der Waals surface area contributed by atoms with Crippen molar-refractivity contribution < 1.29 is 9.00 Å². The van der Waals surface area contributed by atoms with Gasteiger partial charge < -0.3 is 0 Å². The maximum Gasteiger partial charge on any atom is 0.264 e. The van der Waals surface area contributed by atoms with Gasteiger partial charge in [0.1, 0.15) is 0 Å². The van der Waals surface area contributed by atoms with E-state index in [1.165, 1.54) is 24.3 Å². The van der Waals surface area contributed by atoms with Crippen LogP contribution in [0.2, 0.25) is 0 Å². The summed E-state index contributed by atoms with van der Waals surface area (Å²) < 4.78 is 15.8. The number of carbonyl (C=O) groups excluding carboxylic acids is 1. The summed E-state index contributed by atoms with van der Waals surface area (Å²) in [5.74, 6) is -0.116. The molecular formula is C10H12BrNO2S2. The fourth-order valence-corrected chi connectivity index (χ4v) is 2.90. The molecule has 1 rings (SSSR count). The van der Waals surface area contributed by atoms with Gasteiger partial charge in [0, 0.05) is 31.6 Å². The Kier molecular flexibility index (Phi) is 5.01. The van der Waals surface area contributed by atoms with Crippen molar-refractivity contribution in [3.63, 3.8) is 0 Å². The van der Waals surface area contributed by atoms with E-state index in [2.05, 4.69) is 20.3 Å².